The molecule has 0 aliphatic rings. The Morgan fingerprint density at radius 1 is 1.38 bits per heavy atom. The second-order valence-electron chi connectivity index (χ2n) is 1.89. The predicted octanol–water partition coefficient (Wildman–Crippen LogP) is 1.00. The highest BCUT2D eigenvalue weighted by atomic mass is 19.1. The average Bonchev–Trinajstić information content (AvgIpc) is 2.15. The molecule has 0 aliphatic carbocycles. The molecule has 0 fully saturated rings. The Morgan fingerprint density at radius 3 is 2.08 bits per heavy atom. The lowest BCUT2D eigenvalue weighted by atomic mass is 9.79. The van der Waals surface area contributed by atoms with Gasteiger partial charge >= 0.3 is 7.12 Å². The van der Waals surface area contributed by atoms with Gasteiger partial charge in [0.05, 0.1) is 0 Å². The quantitative estimate of drug-likeness (QED) is 0.352. The average molecular weight is 189 g/mol. The molecular weight excluding hydrogens is 172 g/mol. The maximum absolute atomic E-state index is 12.6. The monoisotopic (exact) mass is 189 g/mol. The molecule has 76 valence electrons. The van der Waals surface area contributed by atoms with Crippen LogP contribution in [0.15, 0.2) is 23.6 Å². The molecule has 0 aliphatic heterocycles. The van der Waals surface area contributed by atoms with Crippen LogP contribution in [0.4, 0.5) is 4.39 Å². The van der Waals surface area contributed by atoms with Crippen molar-refractivity contribution < 1.29 is 14.4 Å². The summed E-state index contributed by atoms with van der Waals surface area (Å²) in [7, 11) is -0.417. The van der Waals surface area contributed by atoms with Crippen molar-refractivity contribution in [2.24, 2.45) is 0 Å². The van der Waals surface area contributed by atoms with E-state index >= 15 is 0 Å². The van der Waals surface area contributed by atoms with E-state index < -0.39 is 13.1 Å². The van der Waals surface area contributed by atoms with Gasteiger partial charge in [-0.05, 0) is 6.92 Å². The van der Waals surface area contributed by atoms with Crippen molar-refractivity contribution in [2.45, 2.75) is 20.8 Å². The first-order valence-corrected chi connectivity index (χ1v) is 4.19. The van der Waals surface area contributed by atoms with Crippen LogP contribution in [0, 0.1) is 0 Å². The number of hydrogen-bond acceptors (Lipinski definition) is 3. The zero-order chi connectivity index (χ0) is 10.9. The molecule has 3 N–H and O–H groups in total. The second kappa shape index (κ2) is 9.28. The van der Waals surface area contributed by atoms with Crippen LogP contribution in [-0.4, -0.2) is 24.2 Å². The molecule has 0 unspecified atom stereocenters. The van der Waals surface area contributed by atoms with Crippen molar-refractivity contribution in [3.05, 3.63) is 23.6 Å². The van der Waals surface area contributed by atoms with Gasteiger partial charge in [-0.3, -0.25) is 0 Å². The lowest BCUT2D eigenvalue weighted by molar-refractivity contribution is 0.416. The number of hydrogen-bond donors (Lipinski definition) is 3. The number of nitrogens with one attached hydrogen (secondary N) is 1. The second-order valence-corrected chi connectivity index (χ2v) is 1.89. The third-order valence-corrected chi connectivity index (χ3v) is 1.10. The van der Waals surface area contributed by atoms with Crippen LogP contribution < -0.4 is 5.32 Å². The molecule has 0 rings (SSSR count). The van der Waals surface area contributed by atoms with E-state index in [0.29, 0.717) is 0 Å². The van der Waals surface area contributed by atoms with Gasteiger partial charge in [0, 0.05) is 12.5 Å². The number of rotatable bonds is 3. The van der Waals surface area contributed by atoms with E-state index in [-0.39, 0.29) is 5.47 Å². The summed E-state index contributed by atoms with van der Waals surface area (Å²) in [6.07, 6.45) is 2.81. The Labute approximate surface area is 79.1 Å². The van der Waals surface area contributed by atoms with Crippen LogP contribution in [0.3, 0.4) is 0 Å². The van der Waals surface area contributed by atoms with Gasteiger partial charge in [-0.2, -0.15) is 4.39 Å². The number of halogens is 1. The molecule has 0 spiro atoms. The van der Waals surface area contributed by atoms with Gasteiger partial charge in [-0.1, -0.05) is 26.0 Å². The molecule has 0 saturated carbocycles. The molecule has 3 nitrogen and oxygen atoms in total. The molecule has 0 heterocycles. The van der Waals surface area contributed by atoms with Crippen molar-refractivity contribution in [1.29, 1.82) is 0 Å². The summed E-state index contributed by atoms with van der Waals surface area (Å²) in [5, 5.41) is 19.4. The molecule has 0 radical (unpaired) electrons. The Morgan fingerprint density at radius 2 is 1.85 bits per heavy atom. The fraction of sp³-hybridized carbons (Fsp3) is 0.500. The highest BCUT2D eigenvalue weighted by Crippen LogP contribution is 2.05. The minimum absolute atomic E-state index is 0.171. The van der Waals surface area contributed by atoms with Crippen LogP contribution in [0.2, 0.25) is 0 Å². The zero-order valence-corrected chi connectivity index (χ0v) is 8.50. The standard InChI is InChI=1S/C6H11BFNO2.C2H6/c1-3-4-5(7(10)11)6(8)9-2;1-2/h3-4,9-11H,1-2H3;1-2H3/b4-3-,6-5+;. The van der Waals surface area contributed by atoms with Crippen molar-refractivity contribution in [3.63, 3.8) is 0 Å². The van der Waals surface area contributed by atoms with Crippen molar-refractivity contribution in [2.75, 3.05) is 7.05 Å². The molecule has 0 amide bonds. The molecule has 0 bridgehead atoms. The highest BCUT2D eigenvalue weighted by molar-refractivity contribution is 6.51. The SMILES string of the molecule is C/C=C\C(B(O)O)=C(\F)NC.CC. The van der Waals surface area contributed by atoms with Crippen molar-refractivity contribution in [3.8, 4) is 0 Å². The molecule has 0 aromatic carbocycles. The smallest absolute Gasteiger partial charge is 0.423 e. The topological polar surface area (TPSA) is 52.5 Å². The first-order valence-electron chi connectivity index (χ1n) is 4.19. The van der Waals surface area contributed by atoms with Gasteiger partial charge in [0.25, 0.3) is 0 Å². The highest BCUT2D eigenvalue weighted by Gasteiger charge is 2.16. The zero-order valence-electron chi connectivity index (χ0n) is 8.50. The summed E-state index contributed by atoms with van der Waals surface area (Å²) in [4.78, 5) is 0. The van der Waals surface area contributed by atoms with E-state index in [1.54, 1.807) is 6.92 Å². The van der Waals surface area contributed by atoms with Gasteiger partial charge in [0.1, 0.15) is 0 Å². The lowest BCUT2D eigenvalue weighted by Gasteiger charge is -2.02. The van der Waals surface area contributed by atoms with Crippen LogP contribution in [0.1, 0.15) is 20.8 Å². The largest absolute Gasteiger partial charge is 0.493 e. The summed E-state index contributed by atoms with van der Waals surface area (Å²) in [5.41, 5.74) is -0.171. The van der Waals surface area contributed by atoms with Crippen LogP contribution in [0.5, 0.6) is 0 Å². The third-order valence-electron chi connectivity index (χ3n) is 1.10. The van der Waals surface area contributed by atoms with Gasteiger partial charge in [0.2, 0.25) is 0 Å². The molecular formula is C8H17BFNO2. The summed E-state index contributed by atoms with van der Waals surface area (Å²) >= 11 is 0. The van der Waals surface area contributed by atoms with E-state index in [9.17, 15) is 4.39 Å². The van der Waals surface area contributed by atoms with Gasteiger partial charge in [0.15, 0.2) is 5.95 Å². The fourth-order valence-corrected chi connectivity index (χ4v) is 0.596. The predicted molar refractivity (Wildman–Crippen MR) is 53.5 cm³/mol. The lowest BCUT2D eigenvalue weighted by Crippen LogP contribution is -2.19. The molecule has 0 saturated heterocycles. The summed E-state index contributed by atoms with van der Waals surface area (Å²) < 4.78 is 12.6. The normalized spacial score (nSPS) is 11.6. The van der Waals surface area contributed by atoms with Crippen molar-refractivity contribution >= 4 is 7.12 Å². The van der Waals surface area contributed by atoms with Gasteiger partial charge in [-0.15, -0.1) is 0 Å². The van der Waals surface area contributed by atoms with Gasteiger partial charge < -0.3 is 15.4 Å². The fourth-order valence-electron chi connectivity index (χ4n) is 0.596. The molecule has 13 heavy (non-hydrogen) atoms. The maximum atomic E-state index is 12.6. The Balaban J connectivity index is 0. The molecule has 5 heteroatoms. The van der Waals surface area contributed by atoms with E-state index in [1.807, 2.05) is 13.8 Å². The number of allylic oxidation sites excluding steroid dienone is 3. The van der Waals surface area contributed by atoms with E-state index in [1.165, 1.54) is 19.2 Å². The Bertz CT molecular complexity index is 181. The van der Waals surface area contributed by atoms with Crippen LogP contribution >= 0.6 is 0 Å². The van der Waals surface area contributed by atoms with E-state index in [0.717, 1.165) is 0 Å². The maximum Gasteiger partial charge on any atom is 0.493 e. The Kier molecular flexibility index (Phi) is 10.5. The van der Waals surface area contributed by atoms with Crippen LogP contribution in [0.25, 0.3) is 0 Å². The van der Waals surface area contributed by atoms with E-state index in [4.69, 9.17) is 10.0 Å². The molecule has 0 aromatic heterocycles. The third kappa shape index (κ3) is 6.36. The van der Waals surface area contributed by atoms with Crippen molar-refractivity contribution in [1.82, 2.24) is 5.32 Å². The first kappa shape index (κ1) is 14.7. The Hall–Kier alpha value is -0.805. The minimum atomic E-state index is -1.78. The molecule has 0 aromatic rings. The summed E-state index contributed by atoms with van der Waals surface area (Å²) in [5.74, 6) is -0.738. The molecule has 0 atom stereocenters. The van der Waals surface area contributed by atoms with E-state index in [2.05, 4.69) is 5.32 Å². The summed E-state index contributed by atoms with van der Waals surface area (Å²) in [6.45, 7) is 5.66. The first-order chi connectivity index (χ1) is 6.13. The van der Waals surface area contributed by atoms with Gasteiger partial charge in [-0.25, -0.2) is 0 Å². The van der Waals surface area contributed by atoms with Crippen LogP contribution in [-0.2, 0) is 0 Å². The minimum Gasteiger partial charge on any atom is -0.423 e. The summed E-state index contributed by atoms with van der Waals surface area (Å²) in [6, 6.07) is 0.